The summed E-state index contributed by atoms with van der Waals surface area (Å²) < 4.78 is 38.9. The van der Waals surface area contributed by atoms with Crippen LogP contribution in [-0.2, 0) is 10.0 Å². The largest absolute Gasteiger partial charge is 0.486 e. The molecule has 5 rings (SSSR count). The van der Waals surface area contributed by atoms with Crippen molar-refractivity contribution in [2.75, 3.05) is 44.3 Å². The minimum absolute atomic E-state index is 0.231. The van der Waals surface area contributed by atoms with Crippen molar-refractivity contribution < 1.29 is 22.9 Å². The fourth-order valence-corrected chi connectivity index (χ4v) is 5.55. The summed E-state index contributed by atoms with van der Waals surface area (Å²) in [6, 6.07) is 12.6. The number of benzene rings is 2. The number of halogens is 1. The van der Waals surface area contributed by atoms with Crippen LogP contribution in [0.25, 0.3) is 10.9 Å². The zero-order valence-corrected chi connectivity index (χ0v) is 17.7. The van der Waals surface area contributed by atoms with Gasteiger partial charge in [0, 0.05) is 49.4 Å². The maximum atomic E-state index is 13.2. The molecule has 3 aromatic rings. The zero-order valence-electron chi connectivity index (χ0n) is 16.2. The van der Waals surface area contributed by atoms with Gasteiger partial charge in [0.25, 0.3) is 0 Å². The number of aromatic amines is 1. The third-order valence-corrected chi connectivity index (χ3v) is 7.60. The Labute approximate surface area is 179 Å². The maximum absolute atomic E-state index is 13.2. The second-order valence-corrected chi connectivity index (χ2v) is 9.62. The first-order chi connectivity index (χ1) is 14.5. The molecule has 3 heterocycles. The Morgan fingerprint density at radius 3 is 2.47 bits per heavy atom. The van der Waals surface area contributed by atoms with Crippen LogP contribution in [0.2, 0.25) is 5.02 Å². The van der Waals surface area contributed by atoms with Gasteiger partial charge in [0.2, 0.25) is 15.5 Å². The van der Waals surface area contributed by atoms with Crippen LogP contribution in [0.1, 0.15) is 0 Å². The molecule has 1 fully saturated rings. The first-order valence-corrected chi connectivity index (χ1v) is 11.6. The van der Waals surface area contributed by atoms with Crippen LogP contribution in [0.3, 0.4) is 0 Å². The van der Waals surface area contributed by atoms with E-state index in [9.17, 15) is 8.42 Å². The monoisotopic (exact) mass is 446 g/mol. The third kappa shape index (κ3) is 3.45. The van der Waals surface area contributed by atoms with Gasteiger partial charge in [-0.2, -0.15) is 4.31 Å². The van der Waals surface area contributed by atoms with E-state index >= 15 is 0 Å². The van der Waals surface area contributed by atoms with E-state index in [4.69, 9.17) is 21.1 Å². The summed E-state index contributed by atoms with van der Waals surface area (Å²) in [6.45, 7) is 2.91. The van der Waals surface area contributed by atoms with Crippen molar-refractivity contribution in [3.05, 3.63) is 53.7 Å². The van der Waals surface area contributed by atoms with Crippen molar-refractivity contribution in [1.29, 1.82) is 0 Å². The maximum Gasteiger partial charge on any atom is 0.243 e. The fourth-order valence-electron chi connectivity index (χ4n) is 3.94. The number of aromatic nitrogens is 1. The Kier molecular flexibility index (Phi) is 4.92. The van der Waals surface area contributed by atoms with Crippen molar-refractivity contribution in [3.8, 4) is 11.5 Å². The van der Waals surface area contributed by atoms with Crippen LogP contribution in [0.4, 0.5) is 5.69 Å². The molecule has 0 saturated carbocycles. The lowest BCUT2D eigenvalue weighted by Crippen LogP contribution is -2.48. The Bertz CT molecular complexity index is 1210. The van der Waals surface area contributed by atoms with Gasteiger partial charge in [-0.15, -0.1) is 0 Å². The number of nitrogens with one attached hydrogen (secondary N) is 1. The number of sulfonamides is 1. The van der Waals surface area contributed by atoms with Crippen LogP contribution in [0.15, 0.2) is 53.6 Å². The minimum Gasteiger partial charge on any atom is -0.486 e. The van der Waals surface area contributed by atoms with Crippen molar-refractivity contribution in [3.63, 3.8) is 0 Å². The van der Waals surface area contributed by atoms with E-state index in [-0.39, 0.29) is 4.90 Å². The zero-order chi connectivity index (χ0) is 20.7. The molecule has 2 aliphatic rings. The summed E-state index contributed by atoms with van der Waals surface area (Å²) in [5, 5.41) is 1.73. The Morgan fingerprint density at radius 2 is 1.67 bits per heavy atom. The first-order valence-electron chi connectivity index (χ1n) is 9.77. The average Bonchev–Trinajstić information content (AvgIpc) is 2.78. The van der Waals surface area contributed by atoms with Gasteiger partial charge >= 0.3 is 0 Å². The number of pyridine rings is 1. The lowest BCUT2D eigenvalue weighted by Gasteiger charge is -2.35. The van der Waals surface area contributed by atoms with Gasteiger partial charge in [-0.05, 0) is 24.3 Å². The van der Waals surface area contributed by atoms with Crippen LogP contribution in [0.5, 0.6) is 11.5 Å². The summed E-state index contributed by atoms with van der Waals surface area (Å²) in [4.78, 5) is 5.65. The van der Waals surface area contributed by atoms with Gasteiger partial charge in [0.15, 0.2) is 17.7 Å². The highest BCUT2D eigenvalue weighted by Crippen LogP contribution is 2.34. The molecule has 0 spiro atoms. The number of anilines is 1. The smallest absolute Gasteiger partial charge is 0.243 e. The van der Waals surface area contributed by atoms with Crippen LogP contribution in [0, 0.1) is 0 Å². The highest BCUT2D eigenvalue weighted by molar-refractivity contribution is 7.89. The molecule has 1 saturated heterocycles. The van der Waals surface area contributed by atoms with Gasteiger partial charge < -0.3 is 14.4 Å². The average molecular weight is 447 g/mol. The molecule has 7 nitrogen and oxygen atoms in total. The van der Waals surface area contributed by atoms with Gasteiger partial charge in [-0.3, -0.25) is 0 Å². The van der Waals surface area contributed by atoms with Crippen LogP contribution >= 0.6 is 11.6 Å². The number of ether oxygens (including phenoxy) is 2. The standard InChI is InChI=1S/C21H20ClN3O4S/c22-15-1-3-17-18(13-15)23-6-5-19(17)24-7-9-25(10-8-24)30(26,27)16-2-4-20-21(14-16)29-12-11-28-20/h1-6,13-14H,7-12H2/p+1. The van der Waals surface area contributed by atoms with Crippen molar-refractivity contribution in [2.24, 2.45) is 0 Å². The third-order valence-electron chi connectivity index (χ3n) is 5.47. The van der Waals surface area contributed by atoms with E-state index in [0.29, 0.717) is 55.9 Å². The number of hydrogen-bond acceptors (Lipinski definition) is 5. The number of fused-ring (bicyclic) bond motifs is 2. The number of nitrogens with zero attached hydrogens (tertiary/aromatic N) is 2. The summed E-state index contributed by atoms with van der Waals surface area (Å²) in [6.07, 6.45) is 1.88. The first kappa shape index (κ1) is 19.4. The van der Waals surface area contributed by atoms with Gasteiger partial charge in [0.05, 0.1) is 16.0 Å². The fraction of sp³-hybridized carbons (Fsp3) is 0.286. The highest BCUT2D eigenvalue weighted by Gasteiger charge is 2.30. The second-order valence-electron chi connectivity index (χ2n) is 7.25. The molecule has 0 radical (unpaired) electrons. The molecule has 0 unspecified atom stereocenters. The summed E-state index contributed by atoms with van der Waals surface area (Å²) >= 11 is 6.10. The molecular formula is C21H21ClN3O4S+. The van der Waals surface area contributed by atoms with E-state index in [0.717, 1.165) is 16.6 Å². The molecule has 2 aliphatic heterocycles. The Morgan fingerprint density at radius 1 is 0.900 bits per heavy atom. The van der Waals surface area contributed by atoms with E-state index in [2.05, 4.69) is 9.88 Å². The second kappa shape index (κ2) is 7.61. The molecule has 0 atom stereocenters. The van der Waals surface area contributed by atoms with Crippen LogP contribution < -0.4 is 19.4 Å². The molecule has 156 valence electrons. The predicted octanol–water partition coefficient (Wildman–Crippen LogP) is 2.59. The number of rotatable bonds is 3. The van der Waals surface area contributed by atoms with Gasteiger partial charge in [-0.1, -0.05) is 11.6 Å². The molecule has 0 bridgehead atoms. The van der Waals surface area contributed by atoms with Gasteiger partial charge in [0.1, 0.15) is 13.2 Å². The Hall–Kier alpha value is -2.55. The molecule has 0 amide bonds. The van der Waals surface area contributed by atoms with Crippen LogP contribution in [-0.4, -0.2) is 52.1 Å². The predicted molar refractivity (Wildman–Crippen MR) is 114 cm³/mol. The normalized spacial score (nSPS) is 17.3. The molecular weight excluding hydrogens is 426 g/mol. The van der Waals surface area contributed by atoms with E-state index in [1.165, 1.54) is 4.31 Å². The van der Waals surface area contributed by atoms with Crippen molar-refractivity contribution in [1.82, 2.24) is 4.31 Å². The van der Waals surface area contributed by atoms with Crippen molar-refractivity contribution >= 4 is 38.2 Å². The summed E-state index contributed by atoms with van der Waals surface area (Å²) in [5.74, 6) is 1.06. The SMILES string of the molecule is O=S(=O)(c1ccc2c(c1)OCCO2)N1CCN(c2cc[nH+]c3cc(Cl)ccc23)CC1. The van der Waals surface area contributed by atoms with E-state index in [1.807, 2.05) is 30.5 Å². The molecule has 9 heteroatoms. The lowest BCUT2D eigenvalue weighted by atomic mass is 10.1. The molecule has 2 aromatic carbocycles. The molecule has 30 heavy (non-hydrogen) atoms. The lowest BCUT2D eigenvalue weighted by molar-refractivity contribution is -0.344. The number of hydrogen-bond donors (Lipinski definition) is 0. The molecule has 1 N–H and O–H groups in total. The van der Waals surface area contributed by atoms with E-state index < -0.39 is 10.0 Å². The summed E-state index contributed by atoms with van der Waals surface area (Å²) in [7, 11) is -3.60. The summed E-state index contributed by atoms with van der Waals surface area (Å²) in [5.41, 5.74) is 2.02. The minimum atomic E-state index is -3.60. The highest BCUT2D eigenvalue weighted by atomic mass is 35.5. The van der Waals surface area contributed by atoms with Gasteiger partial charge in [-0.25, -0.2) is 13.4 Å². The Balaban J connectivity index is 1.36. The van der Waals surface area contributed by atoms with Crippen molar-refractivity contribution in [2.45, 2.75) is 4.90 Å². The molecule has 0 aliphatic carbocycles. The number of H-pyrrole nitrogens is 1. The molecule has 1 aromatic heterocycles. The topological polar surface area (TPSA) is 73.2 Å². The number of piperazine rings is 1. The quantitative estimate of drug-likeness (QED) is 0.618. The van der Waals surface area contributed by atoms with E-state index in [1.54, 1.807) is 18.2 Å².